The van der Waals surface area contributed by atoms with Crippen molar-refractivity contribution in [2.75, 3.05) is 6.54 Å². The van der Waals surface area contributed by atoms with Crippen LogP contribution < -0.4 is 5.32 Å². The maximum atomic E-state index is 12.1. The Morgan fingerprint density at radius 3 is 2.48 bits per heavy atom. The molecule has 5 nitrogen and oxygen atoms in total. The molecule has 0 aromatic rings. The fourth-order valence-corrected chi connectivity index (χ4v) is 2.33. The lowest BCUT2D eigenvalue weighted by molar-refractivity contribution is -0.175. The first-order valence-corrected chi connectivity index (χ1v) is 7.59. The molecule has 0 spiro atoms. The van der Waals surface area contributed by atoms with E-state index in [4.69, 9.17) is 0 Å². The van der Waals surface area contributed by atoms with Crippen LogP contribution >= 0.6 is 0 Å². The van der Waals surface area contributed by atoms with Gasteiger partial charge in [0.1, 0.15) is 6.04 Å². The monoisotopic (exact) mass is 334 g/mol. The van der Waals surface area contributed by atoms with Crippen LogP contribution in [-0.2, 0) is 14.4 Å². The Kier molecular flexibility index (Phi) is 6.90. The SMILES string of the molecule is C[C@H](CCCCNC(=O)[C@H]1N=CC[C@@H]1C)C(=O)C(=O)C(F)(F)F. The second-order valence-electron chi connectivity index (χ2n) is 5.87. The van der Waals surface area contributed by atoms with Gasteiger partial charge in [-0.25, -0.2) is 0 Å². The molecule has 0 bridgehead atoms. The van der Waals surface area contributed by atoms with Crippen molar-refractivity contribution in [1.29, 1.82) is 0 Å². The summed E-state index contributed by atoms with van der Waals surface area (Å²) in [5.74, 6) is -4.68. The number of hydrogen-bond donors (Lipinski definition) is 1. The number of halogens is 3. The van der Waals surface area contributed by atoms with Crippen LogP contribution in [0.3, 0.4) is 0 Å². The lowest BCUT2D eigenvalue weighted by Gasteiger charge is -2.14. The summed E-state index contributed by atoms with van der Waals surface area (Å²) in [4.78, 5) is 38.0. The number of Topliss-reactive ketones (excluding diaryl/α,β-unsaturated/α-hetero) is 2. The van der Waals surface area contributed by atoms with Gasteiger partial charge in [-0.05, 0) is 25.2 Å². The van der Waals surface area contributed by atoms with E-state index in [1.807, 2.05) is 6.92 Å². The van der Waals surface area contributed by atoms with Crippen LogP contribution in [0, 0.1) is 11.8 Å². The standard InChI is InChI=1S/C15H21F3N2O3/c1-9-6-8-19-11(9)14(23)20-7-4-3-5-10(2)12(21)13(22)15(16,17)18/h8-11H,3-7H2,1-2H3,(H,20,23)/t9-,10+,11-/m0/s1. The first-order chi connectivity index (χ1) is 10.6. The second kappa shape index (κ2) is 8.21. The lowest BCUT2D eigenvalue weighted by atomic mass is 9.96. The second-order valence-corrected chi connectivity index (χ2v) is 5.87. The van der Waals surface area contributed by atoms with E-state index < -0.39 is 23.7 Å². The third kappa shape index (κ3) is 5.76. The molecule has 23 heavy (non-hydrogen) atoms. The van der Waals surface area contributed by atoms with Crippen LogP contribution in [-0.4, -0.2) is 42.5 Å². The molecule has 0 fully saturated rings. The van der Waals surface area contributed by atoms with Crippen LogP contribution in [0.5, 0.6) is 0 Å². The minimum Gasteiger partial charge on any atom is -0.354 e. The Hall–Kier alpha value is -1.73. The number of carbonyl (C=O) groups is 3. The van der Waals surface area contributed by atoms with Crippen molar-refractivity contribution in [1.82, 2.24) is 5.32 Å². The van der Waals surface area contributed by atoms with E-state index in [1.165, 1.54) is 6.92 Å². The van der Waals surface area contributed by atoms with Crippen molar-refractivity contribution < 1.29 is 27.6 Å². The highest BCUT2D eigenvalue weighted by Gasteiger charge is 2.44. The summed E-state index contributed by atoms with van der Waals surface area (Å²) in [5.41, 5.74) is 0. The zero-order chi connectivity index (χ0) is 17.6. The number of amides is 1. The molecule has 8 heteroatoms. The van der Waals surface area contributed by atoms with Crippen LogP contribution in [0.25, 0.3) is 0 Å². The van der Waals surface area contributed by atoms with Crippen LogP contribution in [0.4, 0.5) is 13.2 Å². The summed E-state index contributed by atoms with van der Waals surface area (Å²) < 4.78 is 36.4. The van der Waals surface area contributed by atoms with Crippen LogP contribution in [0.1, 0.15) is 39.5 Å². The maximum Gasteiger partial charge on any atom is 0.458 e. The lowest BCUT2D eigenvalue weighted by Crippen LogP contribution is -2.36. The molecule has 0 aliphatic carbocycles. The topological polar surface area (TPSA) is 75.6 Å². The maximum absolute atomic E-state index is 12.1. The molecule has 130 valence electrons. The van der Waals surface area contributed by atoms with Crippen molar-refractivity contribution >= 4 is 23.7 Å². The van der Waals surface area contributed by atoms with E-state index in [9.17, 15) is 27.6 Å². The van der Waals surface area contributed by atoms with E-state index in [0.717, 1.165) is 6.42 Å². The molecule has 1 aliphatic rings. The van der Waals surface area contributed by atoms with Gasteiger partial charge in [0.15, 0.2) is 0 Å². The van der Waals surface area contributed by atoms with Gasteiger partial charge in [0.2, 0.25) is 11.7 Å². The molecule has 0 aromatic carbocycles. The molecule has 1 N–H and O–H groups in total. The molecule has 1 amide bonds. The van der Waals surface area contributed by atoms with Crippen LogP contribution in [0.15, 0.2) is 4.99 Å². The van der Waals surface area contributed by atoms with Gasteiger partial charge in [-0.15, -0.1) is 0 Å². The average Bonchev–Trinajstić information content (AvgIpc) is 2.90. The van der Waals surface area contributed by atoms with Gasteiger partial charge in [-0.2, -0.15) is 13.2 Å². The quantitative estimate of drug-likeness (QED) is 0.545. The smallest absolute Gasteiger partial charge is 0.354 e. The molecule has 0 unspecified atom stereocenters. The van der Waals surface area contributed by atoms with Crippen molar-refractivity contribution in [2.24, 2.45) is 16.8 Å². The fraction of sp³-hybridized carbons (Fsp3) is 0.733. The van der Waals surface area contributed by atoms with E-state index in [2.05, 4.69) is 10.3 Å². The van der Waals surface area contributed by atoms with Crippen molar-refractivity contribution in [3.05, 3.63) is 0 Å². The van der Waals surface area contributed by atoms with Crippen molar-refractivity contribution in [3.8, 4) is 0 Å². The van der Waals surface area contributed by atoms with Gasteiger partial charge in [0, 0.05) is 18.7 Å². The van der Waals surface area contributed by atoms with Gasteiger partial charge in [-0.1, -0.05) is 20.3 Å². The first-order valence-electron chi connectivity index (χ1n) is 7.59. The van der Waals surface area contributed by atoms with Gasteiger partial charge in [0.05, 0.1) is 0 Å². The highest BCUT2D eigenvalue weighted by Crippen LogP contribution is 2.20. The third-order valence-corrected chi connectivity index (χ3v) is 3.84. The zero-order valence-corrected chi connectivity index (χ0v) is 13.2. The molecule has 1 aliphatic heterocycles. The van der Waals surface area contributed by atoms with E-state index >= 15 is 0 Å². The molecule has 0 aromatic heterocycles. The number of unbranched alkanes of at least 4 members (excludes halogenated alkanes) is 1. The minimum absolute atomic E-state index is 0.164. The van der Waals surface area contributed by atoms with Crippen LogP contribution in [0.2, 0.25) is 0 Å². The number of nitrogens with one attached hydrogen (secondary N) is 1. The largest absolute Gasteiger partial charge is 0.458 e. The zero-order valence-electron chi connectivity index (χ0n) is 13.2. The summed E-state index contributed by atoms with van der Waals surface area (Å²) in [5, 5.41) is 2.72. The molecule has 1 heterocycles. The summed E-state index contributed by atoms with van der Waals surface area (Å²) in [7, 11) is 0. The van der Waals surface area contributed by atoms with Gasteiger partial charge in [-0.3, -0.25) is 19.4 Å². The Balaban J connectivity index is 2.22. The minimum atomic E-state index is -5.11. The molecular formula is C15H21F3N2O3. The van der Waals surface area contributed by atoms with Gasteiger partial charge in [0.25, 0.3) is 0 Å². The number of ketones is 2. The number of carbonyl (C=O) groups excluding carboxylic acids is 3. The summed E-state index contributed by atoms with van der Waals surface area (Å²) in [6, 6.07) is -0.375. The summed E-state index contributed by atoms with van der Waals surface area (Å²) >= 11 is 0. The summed E-state index contributed by atoms with van der Waals surface area (Å²) in [6.45, 7) is 3.60. The molecule has 0 saturated carbocycles. The van der Waals surface area contributed by atoms with Gasteiger partial charge >= 0.3 is 12.0 Å². The third-order valence-electron chi connectivity index (χ3n) is 3.84. The Morgan fingerprint density at radius 2 is 1.96 bits per heavy atom. The molecule has 0 radical (unpaired) electrons. The van der Waals surface area contributed by atoms with E-state index in [0.29, 0.717) is 19.4 Å². The van der Waals surface area contributed by atoms with E-state index in [1.54, 1.807) is 6.21 Å². The number of hydrogen-bond acceptors (Lipinski definition) is 4. The van der Waals surface area contributed by atoms with Gasteiger partial charge < -0.3 is 5.32 Å². The summed E-state index contributed by atoms with van der Waals surface area (Å²) in [6.07, 6.45) is -1.48. The normalized spacial score (nSPS) is 22.0. The number of nitrogens with zero attached hydrogens (tertiary/aromatic N) is 1. The Labute approximate surface area is 132 Å². The molecule has 0 saturated heterocycles. The Bertz CT molecular complexity index is 489. The number of rotatable bonds is 8. The highest BCUT2D eigenvalue weighted by molar-refractivity contribution is 6.39. The number of alkyl halides is 3. The first kappa shape index (κ1) is 19.3. The molecule has 1 rings (SSSR count). The fourth-order valence-electron chi connectivity index (χ4n) is 2.33. The van der Waals surface area contributed by atoms with E-state index in [-0.39, 0.29) is 24.3 Å². The predicted octanol–water partition coefficient (Wildman–Crippen LogP) is 2.09. The Morgan fingerprint density at radius 1 is 1.30 bits per heavy atom. The van der Waals surface area contributed by atoms with Crippen molar-refractivity contribution in [3.63, 3.8) is 0 Å². The molecule has 3 atom stereocenters. The average molecular weight is 334 g/mol. The van der Waals surface area contributed by atoms with Crippen molar-refractivity contribution in [2.45, 2.75) is 51.7 Å². The number of aliphatic imine (C=N–C) groups is 1. The molecular weight excluding hydrogens is 313 g/mol. The predicted molar refractivity (Wildman–Crippen MR) is 78.2 cm³/mol. The highest BCUT2D eigenvalue weighted by atomic mass is 19.4.